The molecule has 1 unspecified atom stereocenters. The van der Waals surface area contributed by atoms with Gasteiger partial charge >= 0.3 is 0 Å². The Morgan fingerprint density at radius 3 is 2.19 bits per heavy atom. The second kappa shape index (κ2) is 6.95. The van der Waals surface area contributed by atoms with E-state index in [0.717, 1.165) is 5.69 Å². The van der Waals surface area contributed by atoms with Crippen molar-refractivity contribution in [3.63, 3.8) is 0 Å². The highest BCUT2D eigenvalue weighted by Crippen LogP contribution is 2.40. The Bertz CT molecular complexity index is 561. The number of benzene rings is 1. The van der Waals surface area contributed by atoms with Gasteiger partial charge in [0.05, 0.1) is 27.4 Å². The van der Waals surface area contributed by atoms with Crippen LogP contribution in [0.2, 0.25) is 0 Å². The molecule has 0 saturated heterocycles. The van der Waals surface area contributed by atoms with Crippen molar-refractivity contribution in [3.05, 3.63) is 47.8 Å². The van der Waals surface area contributed by atoms with Crippen LogP contribution in [0.4, 0.5) is 0 Å². The molecule has 0 radical (unpaired) electrons. The molecule has 0 bridgehead atoms. The number of aliphatic hydroxyl groups is 1. The molecule has 0 aliphatic carbocycles. The first-order chi connectivity index (χ1) is 10.2. The van der Waals surface area contributed by atoms with Gasteiger partial charge in [-0.05, 0) is 29.8 Å². The zero-order valence-electron chi connectivity index (χ0n) is 12.4. The normalized spacial score (nSPS) is 11.8. The summed E-state index contributed by atoms with van der Waals surface area (Å²) in [5, 5.41) is 10.4. The fourth-order valence-corrected chi connectivity index (χ4v) is 2.13. The number of aromatic nitrogens is 1. The third-order valence-corrected chi connectivity index (χ3v) is 3.20. The predicted octanol–water partition coefficient (Wildman–Crippen LogP) is 2.38. The van der Waals surface area contributed by atoms with Crippen molar-refractivity contribution in [2.75, 3.05) is 21.3 Å². The fourth-order valence-electron chi connectivity index (χ4n) is 2.13. The monoisotopic (exact) mass is 289 g/mol. The molecule has 0 aliphatic rings. The summed E-state index contributed by atoms with van der Waals surface area (Å²) in [7, 11) is 4.64. The van der Waals surface area contributed by atoms with Gasteiger partial charge in [0.15, 0.2) is 11.5 Å². The number of methoxy groups -OCH3 is 3. The summed E-state index contributed by atoms with van der Waals surface area (Å²) >= 11 is 0. The number of rotatable bonds is 6. The first-order valence-corrected chi connectivity index (χ1v) is 6.57. The van der Waals surface area contributed by atoms with E-state index in [1.54, 1.807) is 39.7 Å². The van der Waals surface area contributed by atoms with E-state index in [-0.39, 0.29) is 0 Å². The summed E-state index contributed by atoms with van der Waals surface area (Å²) in [6, 6.07) is 9.10. The molecular formula is C16H19NO4. The van der Waals surface area contributed by atoms with Gasteiger partial charge in [0.25, 0.3) is 0 Å². The standard InChI is InChI=1S/C16H19NO4/c1-19-14-8-11(9-15(20-2)16(14)21-3)13(18)10-12-6-4-5-7-17-12/h4-9,13,18H,10H2,1-3H3. The molecular weight excluding hydrogens is 270 g/mol. The maximum absolute atomic E-state index is 10.4. The minimum atomic E-state index is -0.700. The zero-order chi connectivity index (χ0) is 15.2. The van der Waals surface area contributed by atoms with Crippen LogP contribution in [0.1, 0.15) is 17.4 Å². The van der Waals surface area contributed by atoms with E-state index in [9.17, 15) is 5.11 Å². The quantitative estimate of drug-likeness (QED) is 0.884. The van der Waals surface area contributed by atoms with Gasteiger partial charge in [0.1, 0.15) is 0 Å². The van der Waals surface area contributed by atoms with E-state index >= 15 is 0 Å². The summed E-state index contributed by atoms with van der Waals surface area (Å²) < 4.78 is 15.8. The lowest BCUT2D eigenvalue weighted by Crippen LogP contribution is -2.05. The van der Waals surface area contributed by atoms with E-state index in [1.165, 1.54) is 0 Å². The molecule has 1 aromatic carbocycles. The van der Waals surface area contributed by atoms with E-state index in [4.69, 9.17) is 14.2 Å². The van der Waals surface area contributed by atoms with E-state index in [1.807, 2.05) is 18.2 Å². The number of ether oxygens (including phenoxy) is 3. The van der Waals surface area contributed by atoms with E-state index < -0.39 is 6.10 Å². The molecule has 21 heavy (non-hydrogen) atoms. The van der Waals surface area contributed by atoms with Gasteiger partial charge in [-0.2, -0.15) is 0 Å². The Morgan fingerprint density at radius 2 is 1.71 bits per heavy atom. The van der Waals surface area contributed by atoms with Gasteiger partial charge in [-0.15, -0.1) is 0 Å². The predicted molar refractivity (Wildman–Crippen MR) is 79.0 cm³/mol. The zero-order valence-corrected chi connectivity index (χ0v) is 12.4. The highest BCUT2D eigenvalue weighted by atomic mass is 16.5. The Labute approximate surface area is 124 Å². The number of nitrogens with zero attached hydrogens (tertiary/aromatic N) is 1. The van der Waals surface area contributed by atoms with Crippen LogP contribution in [-0.2, 0) is 6.42 Å². The summed E-state index contributed by atoms with van der Waals surface area (Å²) in [5.41, 5.74) is 1.51. The molecule has 112 valence electrons. The molecule has 1 aromatic heterocycles. The van der Waals surface area contributed by atoms with Crippen molar-refractivity contribution in [2.45, 2.75) is 12.5 Å². The minimum Gasteiger partial charge on any atom is -0.493 e. The van der Waals surface area contributed by atoms with Crippen LogP contribution < -0.4 is 14.2 Å². The first-order valence-electron chi connectivity index (χ1n) is 6.57. The van der Waals surface area contributed by atoms with Crippen molar-refractivity contribution in [1.29, 1.82) is 0 Å². The molecule has 0 aliphatic heterocycles. The van der Waals surface area contributed by atoms with E-state index in [0.29, 0.717) is 29.2 Å². The molecule has 0 spiro atoms. The van der Waals surface area contributed by atoms with Gasteiger partial charge in [0.2, 0.25) is 5.75 Å². The van der Waals surface area contributed by atoms with Crippen molar-refractivity contribution in [1.82, 2.24) is 4.98 Å². The van der Waals surface area contributed by atoms with Gasteiger partial charge in [0, 0.05) is 18.3 Å². The number of aliphatic hydroxyl groups excluding tert-OH is 1. The van der Waals surface area contributed by atoms with Crippen LogP contribution in [0, 0.1) is 0 Å². The largest absolute Gasteiger partial charge is 0.493 e. The Kier molecular flexibility index (Phi) is 5.00. The second-order valence-corrected chi connectivity index (χ2v) is 4.50. The minimum absolute atomic E-state index is 0.416. The van der Waals surface area contributed by atoms with Crippen LogP contribution in [0.15, 0.2) is 36.5 Å². The highest BCUT2D eigenvalue weighted by Gasteiger charge is 2.17. The van der Waals surface area contributed by atoms with Gasteiger partial charge in [-0.3, -0.25) is 4.98 Å². The molecule has 0 saturated carbocycles. The smallest absolute Gasteiger partial charge is 0.203 e. The van der Waals surface area contributed by atoms with Gasteiger partial charge in [-0.1, -0.05) is 6.07 Å². The summed E-state index contributed by atoms with van der Waals surface area (Å²) in [6.45, 7) is 0. The van der Waals surface area contributed by atoms with Crippen LogP contribution in [-0.4, -0.2) is 31.4 Å². The molecule has 5 heteroatoms. The lowest BCUT2D eigenvalue weighted by molar-refractivity contribution is 0.176. The number of hydrogen-bond donors (Lipinski definition) is 1. The Hall–Kier alpha value is -2.27. The molecule has 5 nitrogen and oxygen atoms in total. The topological polar surface area (TPSA) is 60.8 Å². The average Bonchev–Trinajstić information content (AvgIpc) is 2.54. The third kappa shape index (κ3) is 3.44. The Balaban J connectivity index is 2.30. The Morgan fingerprint density at radius 1 is 1.05 bits per heavy atom. The third-order valence-electron chi connectivity index (χ3n) is 3.20. The van der Waals surface area contributed by atoms with Crippen molar-refractivity contribution in [2.24, 2.45) is 0 Å². The highest BCUT2D eigenvalue weighted by molar-refractivity contribution is 5.54. The lowest BCUT2D eigenvalue weighted by atomic mass is 10.0. The van der Waals surface area contributed by atoms with E-state index in [2.05, 4.69) is 4.98 Å². The number of pyridine rings is 1. The van der Waals surface area contributed by atoms with Crippen molar-refractivity contribution in [3.8, 4) is 17.2 Å². The van der Waals surface area contributed by atoms with Gasteiger partial charge in [-0.25, -0.2) is 0 Å². The lowest BCUT2D eigenvalue weighted by Gasteiger charge is -2.17. The summed E-state index contributed by atoms with van der Waals surface area (Å²) in [4.78, 5) is 4.22. The fraction of sp³-hybridized carbons (Fsp3) is 0.312. The molecule has 0 fully saturated rings. The summed E-state index contributed by atoms with van der Waals surface area (Å²) in [5.74, 6) is 1.55. The maximum Gasteiger partial charge on any atom is 0.203 e. The molecule has 1 heterocycles. The van der Waals surface area contributed by atoms with Crippen LogP contribution in [0.25, 0.3) is 0 Å². The summed E-state index contributed by atoms with van der Waals surface area (Å²) in [6.07, 6.45) is 1.42. The number of hydrogen-bond acceptors (Lipinski definition) is 5. The molecule has 2 rings (SSSR count). The van der Waals surface area contributed by atoms with Crippen molar-refractivity contribution < 1.29 is 19.3 Å². The van der Waals surface area contributed by atoms with Crippen LogP contribution in [0.3, 0.4) is 0 Å². The second-order valence-electron chi connectivity index (χ2n) is 4.50. The maximum atomic E-state index is 10.4. The van der Waals surface area contributed by atoms with Crippen LogP contribution in [0.5, 0.6) is 17.2 Å². The SMILES string of the molecule is COc1cc(C(O)Cc2ccccn2)cc(OC)c1OC. The molecule has 2 aromatic rings. The van der Waals surface area contributed by atoms with Crippen molar-refractivity contribution >= 4 is 0 Å². The van der Waals surface area contributed by atoms with Crippen LogP contribution >= 0.6 is 0 Å². The average molecular weight is 289 g/mol. The first kappa shape index (κ1) is 15.1. The molecule has 1 atom stereocenters. The molecule has 1 N–H and O–H groups in total. The van der Waals surface area contributed by atoms with Gasteiger partial charge < -0.3 is 19.3 Å². The molecule has 0 amide bonds.